The van der Waals surface area contributed by atoms with E-state index >= 15 is 0 Å². The van der Waals surface area contributed by atoms with Crippen molar-refractivity contribution in [1.82, 2.24) is 4.31 Å². The van der Waals surface area contributed by atoms with E-state index in [0.29, 0.717) is 6.42 Å². The predicted molar refractivity (Wildman–Crippen MR) is 74.8 cm³/mol. The molecule has 0 aromatic heterocycles. The zero-order valence-electron chi connectivity index (χ0n) is 11.0. The fourth-order valence-electron chi connectivity index (χ4n) is 1.63. The average Bonchev–Trinajstić information content (AvgIpc) is 2.37. The van der Waals surface area contributed by atoms with Gasteiger partial charge in [0, 0.05) is 18.7 Å². The Labute approximate surface area is 126 Å². The molecule has 1 aromatic rings. The summed E-state index contributed by atoms with van der Waals surface area (Å²) in [5.41, 5.74) is -0.440. The quantitative estimate of drug-likeness (QED) is 0.598. The molecular weight excluding hydrogens is 324 g/mol. The predicted octanol–water partition coefficient (Wildman–Crippen LogP) is 1.73. The maximum Gasteiger partial charge on any atom is 0.318 e. The molecule has 0 aliphatic rings. The van der Waals surface area contributed by atoms with Crippen molar-refractivity contribution in [1.29, 1.82) is 0 Å². The molecule has 0 heterocycles. The molecule has 21 heavy (non-hydrogen) atoms. The van der Waals surface area contributed by atoms with Crippen molar-refractivity contribution in [2.45, 2.75) is 18.2 Å². The summed E-state index contributed by atoms with van der Waals surface area (Å²) in [4.78, 5) is 20.3. The van der Waals surface area contributed by atoms with Crippen LogP contribution in [0.5, 0.6) is 0 Å². The molecule has 1 aromatic carbocycles. The third-order valence-electron chi connectivity index (χ3n) is 2.53. The van der Waals surface area contributed by atoms with Crippen molar-refractivity contribution >= 4 is 33.3 Å². The number of carboxylic acid groups (broad SMARTS) is 1. The number of aliphatic carboxylic acids is 1. The van der Waals surface area contributed by atoms with Crippen molar-refractivity contribution in [2.24, 2.45) is 0 Å². The first-order chi connectivity index (χ1) is 9.70. The van der Waals surface area contributed by atoms with Gasteiger partial charge in [0.15, 0.2) is 0 Å². The number of sulfonamides is 1. The molecule has 0 atom stereocenters. The highest BCUT2D eigenvalue weighted by molar-refractivity contribution is 7.89. The molecule has 1 N–H and O–H groups in total. The first kappa shape index (κ1) is 17.3. The lowest BCUT2D eigenvalue weighted by molar-refractivity contribution is -0.385. The normalized spacial score (nSPS) is 11.6. The summed E-state index contributed by atoms with van der Waals surface area (Å²) < 4.78 is 25.5. The van der Waals surface area contributed by atoms with Crippen molar-refractivity contribution < 1.29 is 23.2 Å². The summed E-state index contributed by atoms with van der Waals surface area (Å²) in [6.07, 6.45) is 0.388. The first-order valence-corrected chi connectivity index (χ1v) is 7.67. The van der Waals surface area contributed by atoms with Crippen LogP contribution in [-0.4, -0.2) is 41.8 Å². The number of rotatable bonds is 7. The van der Waals surface area contributed by atoms with Crippen LogP contribution in [0, 0.1) is 10.1 Å². The van der Waals surface area contributed by atoms with Gasteiger partial charge in [0.1, 0.15) is 11.4 Å². The second-order valence-electron chi connectivity index (χ2n) is 4.10. The maximum absolute atomic E-state index is 12.4. The molecule has 116 valence electrons. The summed E-state index contributed by atoms with van der Waals surface area (Å²) in [6.45, 7) is 0.905. The number of nitro groups is 1. The van der Waals surface area contributed by atoms with Gasteiger partial charge < -0.3 is 5.11 Å². The Morgan fingerprint density at radius 1 is 1.48 bits per heavy atom. The molecular formula is C11H13ClN2O6S. The van der Waals surface area contributed by atoms with E-state index in [1.165, 1.54) is 0 Å². The Morgan fingerprint density at radius 3 is 2.57 bits per heavy atom. The standard InChI is InChI=1S/C11H13ClN2O6S/c1-2-5-13(7-11(15)16)21(19,20)10-6-8(14(17)18)3-4-9(10)12/h3-4,6H,2,5,7H2,1H3,(H,15,16). The van der Waals surface area contributed by atoms with Crippen LogP contribution in [0.2, 0.25) is 5.02 Å². The highest BCUT2D eigenvalue weighted by Gasteiger charge is 2.29. The van der Waals surface area contributed by atoms with Crippen LogP contribution >= 0.6 is 11.6 Å². The van der Waals surface area contributed by atoms with Crippen LogP contribution in [0.4, 0.5) is 5.69 Å². The van der Waals surface area contributed by atoms with Crippen molar-refractivity contribution in [3.8, 4) is 0 Å². The van der Waals surface area contributed by atoms with Crippen LogP contribution in [0.25, 0.3) is 0 Å². The van der Waals surface area contributed by atoms with Gasteiger partial charge in [-0.3, -0.25) is 14.9 Å². The summed E-state index contributed by atoms with van der Waals surface area (Å²) in [6, 6.07) is 2.99. The summed E-state index contributed by atoms with van der Waals surface area (Å²) in [5.74, 6) is -1.33. The topological polar surface area (TPSA) is 118 Å². The number of hydrogen-bond donors (Lipinski definition) is 1. The van der Waals surface area contributed by atoms with Gasteiger partial charge in [0.2, 0.25) is 10.0 Å². The van der Waals surface area contributed by atoms with E-state index in [4.69, 9.17) is 16.7 Å². The minimum absolute atomic E-state index is 0.0341. The monoisotopic (exact) mass is 336 g/mol. The van der Waals surface area contributed by atoms with Gasteiger partial charge in [0.25, 0.3) is 5.69 Å². The molecule has 0 aliphatic carbocycles. The number of hydrogen-bond acceptors (Lipinski definition) is 5. The highest BCUT2D eigenvalue weighted by Crippen LogP contribution is 2.28. The zero-order chi connectivity index (χ0) is 16.2. The van der Waals surface area contributed by atoms with Gasteiger partial charge in [-0.1, -0.05) is 18.5 Å². The Bertz CT molecular complexity index is 661. The fourth-order valence-corrected chi connectivity index (χ4v) is 3.60. The molecule has 0 spiro atoms. The number of carbonyl (C=O) groups is 1. The van der Waals surface area contributed by atoms with E-state index in [-0.39, 0.29) is 11.6 Å². The highest BCUT2D eigenvalue weighted by atomic mass is 35.5. The second-order valence-corrected chi connectivity index (χ2v) is 6.42. The summed E-state index contributed by atoms with van der Waals surface area (Å²) >= 11 is 5.79. The number of carboxylic acids is 1. The Kier molecular flexibility index (Phi) is 5.64. The Hall–Kier alpha value is -1.71. The zero-order valence-corrected chi connectivity index (χ0v) is 12.6. The number of non-ortho nitro benzene ring substituents is 1. The van der Waals surface area contributed by atoms with Crippen LogP contribution in [0.1, 0.15) is 13.3 Å². The van der Waals surface area contributed by atoms with Gasteiger partial charge in [0.05, 0.1) is 9.95 Å². The maximum atomic E-state index is 12.4. The van der Waals surface area contributed by atoms with Crippen molar-refractivity contribution in [3.05, 3.63) is 33.3 Å². The molecule has 0 radical (unpaired) electrons. The first-order valence-electron chi connectivity index (χ1n) is 5.86. The molecule has 0 unspecified atom stereocenters. The van der Waals surface area contributed by atoms with Crippen LogP contribution < -0.4 is 0 Å². The molecule has 0 saturated heterocycles. The number of nitrogens with zero attached hydrogens (tertiary/aromatic N) is 2. The largest absolute Gasteiger partial charge is 0.480 e. The van der Waals surface area contributed by atoms with Gasteiger partial charge >= 0.3 is 5.97 Å². The van der Waals surface area contributed by atoms with Gasteiger partial charge in [-0.05, 0) is 12.5 Å². The minimum atomic E-state index is -4.23. The fraction of sp³-hybridized carbons (Fsp3) is 0.364. The van der Waals surface area contributed by atoms with E-state index in [9.17, 15) is 23.3 Å². The number of benzene rings is 1. The van der Waals surface area contributed by atoms with Gasteiger partial charge in [-0.25, -0.2) is 8.42 Å². The van der Waals surface area contributed by atoms with Crippen LogP contribution in [0.15, 0.2) is 23.1 Å². The molecule has 0 fully saturated rings. The molecule has 0 saturated carbocycles. The Balaban J connectivity index is 3.36. The van der Waals surface area contributed by atoms with E-state index in [0.717, 1.165) is 22.5 Å². The molecule has 1 rings (SSSR count). The van der Waals surface area contributed by atoms with Crippen LogP contribution in [-0.2, 0) is 14.8 Å². The van der Waals surface area contributed by atoms with Crippen molar-refractivity contribution in [3.63, 3.8) is 0 Å². The third kappa shape index (κ3) is 4.13. The summed E-state index contributed by atoms with van der Waals surface area (Å²) in [5, 5.41) is 19.3. The van der Waals surface area contributed by atoms with E-state index in [2.05, 4.69) is 0 Å². The van der Waals surface area contributed by atoms with Crippen LogP contribution in [0.3, 0.4) is 0 Å². The molecule has 0 aliphatic heterocycles. The lowest BCUT2D eigenvalue weighted by Gasteiger charge is -2.20. The van der Waals surface area contributed by atoms with Crippen molar-refractivity contribution in [2.75, 3.05) is 13.1 Å². The molecule has 0 amide bonds. The SMILES string of the molecule is CCCN(CC(=O)O)S(=O)(=O)c1cc([N+](=O)[O-])ccc1Cl. The van der Waals surface area contributed by atoms with E-state index in [1.807, 2.05) is 0 Å². The smallest absolute Gasteiger partial charge is 0.318 e. The number of halogens is 1. The lowest BCUT2D eigenvalue weighted by Crippen LogP contribution is -2.36. The second kappa shape index (κ2) is 6.83. The van der Waals surface area contributed by atoms with Gasteiger partial charge in [-0.15, -0.1) is 0 Å². The third-order valence-corrected chi connectivity index (χ3v) is 4.85. The summed E-state index contributed by atoms with van der Waals surface area (Å²) in [7, 11) is -4.23. The minimum Gasteiger partial charge on any atom is -0.480 e. The van der Waals surface area contributed by atoms with E-state index < -0.39 is 38.0 Å². The average molecular weight is 337 g/mol. The van der Waals surface area contributed by atoms with E-state index in [1.54, 1.807) is 6.92 Å². The molecule has 8 nitrogen and oxygen atoms in total. The number of nitro benzene ring substituents is 1. The lowest BCUT2D eigenvalue weighted by atomic mass is 10.3. The molecule has 0 bridgehead atoms. The molecule has 10 heteroatoms. The van der Waals surface area contributed by atoms with Gasteiger partial charge in [-0.2, -0.15) is 4.31 Å². The Morgan fingerprint density at radius 2 is 2.10 bits per heavy atom.